The van der Waals surface area contributed by atoms with Gasteiger partial charge in [0.15, 0.2) is 5.03 Å². The maximum atomic E-state index is 11.7. The molecule has 0 radical (unpaired) electrons. The number of sulfonamides is 1. The van der Waals surface area contributed by atoms with Gasteiger partial charge >= 0.3 is 0 Å². The van der Waals surface area contributed by atoms with Crippen LogP contribution in [0, 0.1) is 6.92 Å². The summed E-state index contributed by atoms with van der Waals surface area (Å²) in [5.74, 6) is 0.579. The molecule has 0 saturated carbocycles. The van der Waals surface area contributed by atoms with Crippen LogP contribution in [0.25, 0.3) is 0 Å². The number of imidazole rings is 1. The Balaban J connectivity index is 3.02. The third-order valence-corrected chi connectivity index (χ3v) is 3.49. The van der Waals surface area contributed by atoms with E-state index in [0.717, 1.165) is 0 Å². The van der Waals surface area contributed by atoms with Gasteiger partial charge in [-0.25, -0.2) is 13.4 Å². The molecule has 0 bridgehead atoms. The number of aryl methyl sites for hydroxylation is 1. The molecule has 1 heterocycles. The van der Waals surface area contributed by atoms with Gasteiger partial charge in [-0.3, -0.25) is 0 Å². The molecule has 5 nitrogen and oxygen atoms in total. The Morgan fingerprint density at radius 2 is 2.36 bits per heavy atom. The van der Waals surface area contributed by atoms with Crippen LogP contribution in [0.5, 0.6) is 0 Å². The number of nitrogens with one attached hydrogen (secondary N) is 1. The van der Waals surface area contributed by atoms with E-state index in [1.165, 1.54) is 23.6 Å². The van der Waals surface area contributed by atoms with E-state index in [0.29, 0.717) is 5.82 Å². The van der Waals surface area contributed by atoms with Crippen molar-refractivity contribution in [3.8, 4) is 0 Å². The number of nitrogens with zero attached hydrogens (tertiary/aromatic N) is 2. The second-order valence-electron chi connectivity index (χ2n) is 2.91. The lowest BCUT2D eigenvalue weighted by molar-refractivity contribution is 0.496. The van der Waals surface area contributed by atoms with Gasteiger partial charge in [0.25, 0.3) is 10.0 Å². The first-order chi connectivity index (χ1) is 6.48. The minimum absolute atomic E-state index is 0.111. The Morgan fingerprint density at radius 3 is 2.79 bits per heavy atom. The highest BCUT2D eigenvalue weighted by Gasteiger charge is 2.21. The van der Waals surface area contributed by atoms with Gasteiger partial charge < -0.3 is 4.98 Å². The van der Waals surface area contributed by atoms with Crippen molar-refractivity contribution in [1.29, 1.82) is 0 Å². The highest BCUT2D eigenvalue weighted by Crippen LogP contribution is 2.10. The van der Waals surface area contributed by atoms with Crippen LogP contribution in [-0.2, 0) is 10.0 Å². The summed E-state index contributed by atoms with van der Waals surface area (Å²) in [7, 11) is -1.94. The molecule has 0 aromatic carbocycles. The molecule has 0 unspecified atom stereocenters. The van der Waals surface area contributed by atoms with Crippen molar-refractivity contribution in [2.75, 3.05) is 13.6 Å². The van der Waals surface area contributed by atoms with Crippen LogP contribution in [0.15, 0.2) is 23.9 Å². The van der Waals surface area contributed by atoms with Crippen molar-refractivity contribution < 1.29 is 8.42 Å². The summed E-state index contributed by atoms with van der Waals surface area (Å²) < 4.78 is 24.7. The lowest BCUT2D eigenvalue weighted by Crippen LogP contribution is -2.27. The van der Waals surface area contributed by atoms with Crippen molar-refractivity contribution in [2.24, 2.45) is 0 Å². The predicted octanol–water partition coefficient (Wildman–Crippen LogP) is 0.525. The van der Waals surface area contributed by atoms with Crippen LogP contribution in [-0.4, -0.2) is 36.3 Å². The molecule has 0 aliphatic heterocycles. The number of rotatable bonds is 4. The zero-order valence-corrected chi connectivity index (χ0v) is 9.00. The fraction of sp³-hybridized carbons (Fsp3) is 0.375. The molecule has 14 heavy (non-hydrogen) atoms. The van der Waals surface area contributed by atoms with E-state index >= 15 is 0 Å². The van der Waals surface area contributed by atoms with Crippen LogP contribution < -0.4 is 0 Å². The Morgan fingerprint density at radius 1 is 1.71 bits per heavy atom. The Kier molecular flexibility index (Phi) is 3.07. The predicted molar refractivity (Wildman–Crippen MR) is 53.3 cm³/mol. The number of aromatic nitrogens is 2. The summed E-state index contributed by atoms with van der Waals surface area (Å²) in [5, 5.41) is 0.111. The number of likely N-dealkylation sites (N-methyl/N-ethyl adjacent to an activating group) is 1. The van der Waals surface area contributed by atoms with Gasteiger partial charge in [-0.1, -0.05) is 6.08 Å². The van der Waals surface area contributed by atoms with Crippen molar-refractivity contribution in [1.82, 2.24) is 14.3 Å². The van der Waals surface area contributed by atoms with Gasteiger partial charge in [-0.05, 0) is 6.92 Å². The third-order valence-electron chi connectivity index (χ3n) is 1.75. The van der Waals surface area contributed by atoms with Gasteiger partial charge in [0.05, 0.1) is 6.20 Å². The Hall–Kier alpha value is -1.14. The summed E-state index contributed by atoms with van der Waals surface area (Å²) in [6.07, 6.45) is 2.84. The monoisotopic (exact) mass is 215 g/mol. The standard InChI is InChI=1S/C8H13N3O2S/c1-4-5-11(3)14(12,13)8-6-9-7(2)10-8/h4,6H,1,5H2,2-3H3,(H,9,10). The normalized spacial score (nSPS) is 11.9. The van der Waals surface area contributed by atoms with E-state index in [2.05, 4.69) is 16.5 Å². The van der Waals surface area contributed by atoms with Crippen molar-refractivity contribution in [2.45, 2.75) is 11.9 Å². The van der Waals surface area contributed by atoms with Gasteiger partial charge in [0, 0.05) is 13.6 Å². The van der Waals surface area contributed by atoms with Gasteiger partial charge in [0.2, 0.25) is 0 Å². The minimum Gasteiger partial charge on any atom is -0.332 e. The molecule has 0 atom stereocenters. The van der Waals surface area contributed by atoms with E-state index in [1.807, 2.05) is 0 Å². The first-order valence-electron chi connectivity index (χ1n) is 4.07. The molecule has 0 fully saturated rings. The summed E-state index contributed by atoms with van der Waals surface area (Å²) in [4.78, 5) is 6.52. The second-order valence-corrected chi connectivity index (χ2v) is 4.92. The molecule has 0 aliphatic carbocycles. The second kappa shape index (κ2) is 3.93. The molecule has 1 aromatic rings. The molecule has 1 aromatic heterocycles. The molecule has 6 heteroatoms. The SMILES string of the molecule is C=CCN(C)S(=O)(=O)c1cnc(C)[nH]1. The van der Waals surface area contributed by atoms with Crippen molar-refractivity contribution in [3.63, 3.8) is 0 Å². The fourth-order valence-corrected chi connectivity index (χ4v) is 2.08. The molecular formula is C8H13N3O2S. The molecule has 1 N–H and O–H groups in total. The topological polar surface area (TPSA) is 66.1 Å². The summed E-state index contributed by atoms with van der Waals surface area (Å²) in [6, 6.07) is 0. The fourth-order valence-electron chi connectivity index (χ4n) is 0.977. The zero-order chi connectivity index (χ0) is 10.8. The molecule has 0 spiro atoms. The van der Waals surface area contributed by atoms with Gasteiger partial charge in [-0.15, -0.1) is 6.58 Å². The average Bonchev–Trinajstić information content (AvgIpc) is 2.52. The maximum Gasteiger partial charge on any atom is 0.260 e. The Bertz CT molecular complexity index is 422. The summed E-state index contributed by atoms with van der Waals surface area (Å²) in [5.41, 5.74) is 0. The van der Waals surface area contributed by atoms with Crippen LogP contribution in [0.3, 0.4) is 0 Å². The highest BCUT2D eigenvalue weighted by atomic mass is 32.2. The van der Waals surface area contributed by atoms with E-state index in [-0.39, 0.29) is 11.6 Å². The smallest absolute Gasteiger partial charge is 0.260 e. The Labute approximate surface area is 83.5 Å². The first-order valence-corrected chi connectivity index (χ1v) is 5.51. The van der Waals surface area contributed by atoms with E-state index < -0.39 is 10.0 Å². The zero-order valence-electron chi connectivity index (χ0n) is 8.19. The van der Waals surface area contributed by atoms with Gasteiger partial charge in [-0.2, -0.15) is 4.31 Å². The van der Waals surface area contributed by atoms with E-state index in [1.54, 1.807) is 6.92 Å². The number of hydrogen-bond donors (Lipinski definition) is 1. The molecule has 0 amide bonds. The molecule has 0 saturated heterocycles. The molecule has 1 rings (SSSR count). The quantitative estimate of drug-likeness (QED) is 0.745. The maximum absolute atomic E-state index is 11.7. The van der Waals surface area contributed by atoms with E-state index in [4.69, 9.17) is 0 Å². The van der Waals surface area contributed by atoms with Crippen LogP contribution in [0.2, 0.25) is 0 Å². The largest absolute Gasteiger partial charge is 0.332 e. The van der Waals surface area contributed by atoms with Crippen molar-refractivity contribution in [3.05, 3.63) is 24.7 Å². The van der Waals surface area contributed by atoms with Crippen molar-refractivity contribution >= 4 is 10.0 Å². The summed E-state index contributed by atoms with van der Waals surface area (Å²) in [6.45, 7) is 5.46. The summed E-state index contributed by atoms with van der Waals surface area (Å²) >= 11 is 0. The molecular weight excluding hydrogens is 202 g/mol. The number of aromatic amines is 1. The third kappa shape index (κ3) is 2.02. The first kappa shape index (κ1) is 10.9. The lowest BCUT2D eigenvalue weighted by Gasteiger charge is -2.12. The molecule has 0 aliphatic rings. The van der Waals surface area contributed by atoms with Crippen LogP contribution >= 0.6 is 0 Å². The minimum atomic E-state index is -3.44. The average molecular weight is 215 g/mol. The number of hydrogen-bond acceptors (Lipinski definition) is 3. The lowest BCUT2D eigenvalue weighted by atomic mass is 10.6. The van der Waals surface area contributed by atoms with Crippen LogP contribution in [0.1, 0.15) is 5.82 Å². The van der Waals surface area contributed by atoms with E-state index in [9.17, 15) is 8.42 Å². The van der Waals surface area contributed by atoms with Gasteiger partial charge in [0.1, 0.15) is 5.82 Å². The molecule has 78 valence electrons. The number of H-pyrrole nitrogens is 1. The van der Waals surface area contributed by atoms with Crippen LogP contribution in [0.4, 0.5) is 0 Å². The highest BCUT2D eigenvalue weighted by molar-refractivity contribution is 7.89.